The van der Waals surface area contributed by atoms with Crippen molar-refractivity contribution in [2.45, 2.75) is 0 Å². The number of halogens is 1. The zero-order chi connectivity index (χ0) is 18.2. The van der Waals surface area contributed by atoms with E-state index < -0.39 is 0 Å². The summed E-state index contributed by atoms with van der Waals surface area (Å²) in [5.41, 5.74) is 1.49. The van der Waals surface area contributed by atoms with Gasteiger partial charge in [0.15, 0.2) is 0 Å². The number of amides is 2. The van der Waals surface area contributed by atoms with Gasteiger partial charge in [0.25, 0.3) is 0 Å². The number of hydrogen-bond donors (Lipinski definition) is 2. The van der Waals surface area contributed by atoms with Gasteiger partial charge >= 0.3 is 6.03 Å². The topological polar surface area (TPSA) is 50.4 Å². The Balaban J connectivity index is 1.52. The van der Waals surface area contributed by atoms with Crippen molar-refractivity contribution in [3.05, 3.63) is 95.6 Å². The van der Waals surface area contributed by atoms with E-state index in [1.54, 1.807) is 42.6 Å². The number of nitrogens with one attached hydrogen (secondary N) is 2. The molecule has 26 heavy (non-hydrogen) atoms. The van der Waals surface area contributed by atoms with E-state index in [1.165, 1.54) is 0 Å². The monoisotopic (exact) mass is 364 g/mol. The molecule has 3 aromatic carbocycles. The quantitative estimate of drug-likeness (QED) is 0.590. The predicted octanol–water partition coefficient (Wildman–Crippen LogP) is 5.92. The first kappa shape index (κ1) is 17.6. The Morgan fingerprint density at radius 3 is 2.23 bits per heavy atom. The van der Waals surface area contributed by atoms with Crippen molar-refractivity contribution in [1.29, 1.82) is 0 Å². The van der Waals surface area contributed by atoms with Crippen molar-refractivity contribution < 1.29 is 9.53 Å². The van der Waals surface area contributed by atoms with E-state index in [0.717, 1.165) is 11.3 Å². The molecular weight excluding hydrogens is 348 g/mol. The Labute approximate surface area is 157 Å². The fraction of sp³-hybridized carbons (Fsp3) is 0. The molecule has 0 saturated carbocycles. The van der Waals surface area contributed by atoms with Gasteiger partial charge < -0.3 is 15.4 Å². The molecule has 5 heteroatoms. The van der Waals surface area contributed by atoms with Gasteiger partial charge in [-0.2, -0.15) is 0 Å². The molecule has 0 saturated heterocycles. The molecule has 3 aromatic rings. The number of benzene rings is 3. The van der Waals surface area contributed by atoms with Crippen molar-refractivity contribution >= 4 is 29.4 Å². The fourth-order valence-corrected chi connectivity index (χ4v) is 2.41. The van der Waals surface area contributed by atoms with E-state index in [1.807, 2.05) is 48.5 Å². The first-order valence-electron chi connectivity index (χ1n) is 8.02. The van der Waals surface area contributed by atoms with Crippen LogP contribution in [-0.4, -0.2) is 6.03 Å². The molecule has 0 aliphatic heterocycles. The molecule has 2 amide bonds. The first-order chi connectivity index (χ1) is 12.7. The van der Waals surface area contributed by atoms with Crippen LogP contribution in [0.1, 0.15) is 5.56 Å². The summed E-state index contributed by atoms with van der Waals surface area (Å²) in [5, 5.41) is 6.01. The second kappa shape index (κ2) is 8.74. The molecule has 0 spiro atoms. The van der Waals surface area contributed by atoms with Crippen molar-refractivity contribution in [3.8, 4) is 11.5 Å². The number of carbonyl (C=O) groups excluding carboxylic acids is 1. The Kier molecular flexibility index (Phi) is 5.91. The van der Waals surface area contributed by atoms with E-state index in [4.69, 9.17) is 16.3 Å². The summed E-state index contributed by atoms with van der Waals surface area (Å²) in [6.45, 7) is 0. The minimum Gasteiger partial charge on any atom is -0.457 e. The lowest BCUT2D eigenvalue weighted by Gasteiger charge is -2.08. The van der Waals surface area contributed by atoms with Gasteiger partial charge in [0, 0.05) is 16.9 Å². The van der Waals surface area contributed by atoms with Crippen LogP contribution < -0.4 is 15.4 Å². The molecule has 4 nitrogen and oxygen atoms in total. The predicted molar refractivity (Wildman–Crippen MR) is 106 cm³/mol. The average molecular weight is 365 g/mol. The van der Waals surface area contributed by atoms with E-state index in [9.17, 15) is 4.79 Å². The second-order valence-electron chi connectivity index (χ2n) is 5.39. The number of hydrogen-bond acceptors (Lipinski definition) is 2. The summed E-state index contributed by atoms with van der Waals surface area (Å²) >= 11 is 6.05. The van der Waals surface area contributed by atoms with Gasteiger partial charge in [-0.1, -0.05) is 48.0 Å². The molecule has 0 atom stereocenters. The van der Waals surface area contributed by atoms with Gasteiger partial charge in [-0.3, -0.25) is 0 Å². The number of rotatable bonds is 5. The molecule has 0 aliphatic carbocycles. The van der Waals surface area contributed by atoms with Crippen LogP contribution in [0.2, 0.25) is 5.02 Å². The van der Waals surface area contributed by atoms with E-state index in [2.05, 4.69) is 10.6 Å². The molecule has 130 valence electrons. The van der Waals surface area contributed by atoms with Crippen LogP contribution in [0.25, 0.3) is 6.08 Å². The Morgan fingerprint density at radius 1 is 0.846 bits per heavy atom. The fourth-order valence-electron chi connectivity index (χ4n) is 2.22. The maximum absolute atomic E-state index is 11.9. The normalized spacial score (nSPS) is 10.5. The van der Waals surface area contributed by atoms with Gasteiger partial charge in [-0.15, -0.1) is 0 Å². The molecule has 3 rings (SSSR count). The van der Waals surface area contributed by atoms with E-state index >= 15 is 0 Å². The third kappa shape index (κ3) is 5.13. The van der Waals surface area contributed by atoms with Crippen LogP contribution in [0.3, 0.4) is 0 Å². The Morgan fingerprint density at radius 2 is 1.50 bits per heavy atom. The molecule has 0 fully saturated rings. The number of ether oxygens (including phenoxy) is 1. The maximum Gasteiger partial charge on any atom is 0.323 e. The van der Waals surface area contributed by atoms with Crippen LogP contribution in [0.5, 0.6) is 11.5 Å². The molecule has 0 aromatic heterocycles. The smallest absolute Gasteiger partial charge is 0.323 e. The highest BCUT2D eigenvalue weighted by molar-refractivity contribution is 6.32. The largest absolute Gasteiger partial charge is 0.457 e. The van der Waals surface area contributed by atoms with Crippen molar-refractivity contribution in [3.63, 3.8) is 0 Å². The zero-order valence-electron chi connectivity index (χ0n) is 13.9. The molecule has 0 heterocycles. The second-order valence-corrected chi connectivity index (χ2v) is 5.80. The zero-order valence-corrected chi connectivity index (χ0v) is 14.6. The molecule has 0 aliphatic rings. The molecule has 2 N–H and O–H groups in total. The van der Waals surface area contributed by atoms with Gasteiger partial charge in [0.1, 0.15) is 11.5 Å². The maximum atomic E-state index is 11.9. The van der Waals surface area contributed by atoms with E-state index in [0.29, 0.717) is 16.5 Å². The third-order valence-corrected chi connectivity index (χ3v) is 3.82. The van der Waals surface area contributed by atoms with Crippen LogP contribution >= 0.6 is 11.6 Å². The van der Waals surface area contributed by atoms with Crippen LogP contribution in [0, 0.1) is 0 Å². The van der Waals surface area contributed by atoms with Crippen molar-refractivity contribution in [1.82, 2.24) is 5.32 Å². The van der Waals surface area contributed by atoms with Crippen LogP contribution in [0.15, 0.2) is 85.1 Å². The number of anilines is 1. The lowest BCUT2D eigenvalue weighted by molar-refractivity contribution is 0.255. The number of para-hydroxylation sites is 1. The van der Waals surface area contributed by atoms with Crippen molar-refractivity contribution in [2.24, 2.45) is 0 Å². The van der Waals surface area contributed by atoms with Crippen LogP contribution in [0.4, 0.5) is 10.5 Å². The van der Waals surface area contributed by atoms with Crippen molar-refractivity contribution in [2.75, 3.05) is 5.32 Å². The summed E-state index contributed by atoms with van der Waals surface area (Å²) in [4.78, 5) is 11.9. The van der Waals surface area contributed by atoms with Crippen LogP contribution in [-0.2, 0) is 0 Å². The summed E-state index contributed by atoms with van der Waals surface area (Å²) in [5.74, 6) is 1.46. The Hall–Kier alpha value is -3.24. The standard InChI is InChI=1S/C21H17ClN2O2/c22-20-9-5-4-6-16(20)14-15-23-21(25)24-17-10-12-19(13-11-17)26-18-7-2-1-3-8-18/h1-15H,(H2,23,24,25)/b15-14+. The minimum absolute atomic E-state index is 0.343. The molecule has 0 radical (unpaired) electrons. The molecular formula is C21H17ClN2O2. The minimum atomic E-state index is -0.343. The summed E-state index contributed by atoms with van der Waals surface area (Å²) in [6.07, 6.45) is 3.28. The SMILES string of the molecule is O=C(N/C=C/c1ccccc1Cl)Nc1ccc(Oc2ccccc2)cc1. The summed E-state index contributed by atoms with van der Waals surface area (Å²) < 4.78 is 5.71. The lowest BCUT2D eigenvalue weighted by Crippen LogP contribution is -2.23. The lowest BCUT2D eigenvalue weighted by atomic mass is 10.2. The van der Waals surface area contributed by atoms with Gasteiger partial charge in [-0.25, -0.2) is 4.79 Å². The summed E-state index contributed by atoms with van der Waals surface area (Å²) in [7, 11) is 0. The molecule has 0 unspecified atom stereocenters. The first-order valence-corrected chi connectivity index (χ1v) is 8.40. The van der Waals surface area contributed by atoms with Gasteiger partial charge in [-0.05, 0) is 54.1 Å². The average Bonchev–Trinajstić information content (AvgIpc) is 2.66. The molecule has 0 bridgehead atoms. The van der Waals surface area contributed by atoms with Gasteiger partial charge in [0.2, 0.25) is 0 Å². The highest BCUT2D eigenvalue weighted by Gasteiger charge is 2.01. The van der Waals surface area contributed by atoms with Gasteiger partial charge in [0.05, 0.1) is 0 Å². The number of urea groups is 1. The Bertz CT molecular complexity index is 893. The number of carbonyl (C=O) groups is 1. The third-order valence-electron chi connectivity index (χ3n) is 3.47. The highest BCUT2D eigenvalue weighted by Crippen LogP contribution is 2.22. The highest BCUT2D eigenvalue weighted by atomic mass is 35.5. The van der Waals surface area contributed by atoms with E-state index in [-0.39, 0.29) is 6.03 Å². The summed E-state index contributed by atoms with van der Waals surface area (Å²) in [6, 6.07) is 23.7.